The summed E-state index contributed by atoms with van der Waals surface area (Å²) < 4.78 is 19.1. The second-order valence-corrected chi connectivity index (χ2v) is 6.11. The molecule has 0 aliphatic heterocycles. The van der Waals surface area contributed by atoms with Crippen molar-refractivity contribution in [3.63, 3.8) is 0 Å². The maximum atomic E-state index is 13.7. The Labute approximate surface area is 115 Å². The third-order valence-corrected chi connectivity index (χ3v) is 2.67. The molecule has 3 nitrogen and oxygen atoms in total. The quantitative estimate of drug-likeness (QED) is 0.828. The molecule has 0 spiro atoms. The van der Waals surface area contributed by atoms with E-state index >= 15 is 0 Å². The van der Waals surface area contributed by atoms with E-state index in [-0.39, 0.29) is 11.2 Å². The van der Waals surface area contributed by atoms with Gasteiger partial charge in [0.1, 0.15) is 0 Å². The van der Waals surface area contributed by atoms with E-state index in [9.17, 15) is 4.39 Å². The standard InChI is InChI=1S/C15H25FN2O/c1-6-7-19-14-9-13(12(17)8-11(14)16)18(5)10-15(2,3)4/h8-9H,6-7,10,17H2,1-5H3. The largest absolute Gasteiger partial charge is 0.490 e. The predicted molar refractivity (Wildman–Crippen MR) is 79.3 cm³/mol. The zero-order valence-electron chi connectivity index (χ0n) is 12.6. The summed E-state index contributed by atoms with van der Waals surface area (Å²) in [4.78, 5) is 2.04. The molecule has 2 N–H and O–H groups in total. The van der Waals surface area contributed by atoms with Gasteiger partial charge in [0.2, 0.25) is 0 Å². The van der Waals surface area contributed by atoms with Gasteiger partial charge in [0, 0.05) is 25.7 Å². The van der Waals surface area contributed by atoms with E-state index < -0.39 is 5.82 Å². The van der Waals surface area contributed by atoms with Gasteiger partial charge in [-0.1, -0.05) is 27.7 Å². The van der Waals surface area contributed by atoms with Crippen LogP contribution in [0.25, 0.3) is 0 Å². The van der Waals surface area contributed by atoms with Crippen LogP contribution in [0.15, 0.2) is 12.1 Å². The van der Waals surface area contributed by atoms with Gasteiger partial charge in [-0.05, 0) is 11.8 Å². The monoisotopic (exact) mass is 268 g/mol. The van der Waals surface area contributed by atoms with E-state index in [0.717, 1.165) is 18.7 Å². The van der Waals surface area contributed by atoms with Gasteiger partial charge in [0.05, 0.1) is 18.0 Å². The van der Waals surface area contributed by atoms with E-state index in [1.165, 1.54) is 6.07 Å². The number of hydrogen-bond acceptors (Lipinski definition) is 3. The molecule has 1 aromatic rings. The molecule has 0 radical (unpaired) electrons. The van der Waals surface area contributed by atoms with Crippen LogP contribution in [-0.2, 0) is 0 Å². The number of nitrogens with zero attached hydrogens (tertiary/aromatic N) is 1. The predicted octanol–water partition coefficient (Wildman–Crippen LogP) is 3.68. The number of rotatable bonds is 5. The number of nitrogens with two attached hydrogens (primary N) is 1. The van der Waals surface area contributed by atoms with Crippen molar-refractivity contribution in [2.45, 2.75) is 34.1 Å². The lowest BCUT2D eigenvalue weighted by molar-refractivity contribution is 0.301. The smallest absolute Gasteiger partial charge is 0.167 e. The molecule has 0 fully saturated rings. The average Bonchev–Trinajstić information content (AvgIpc) is 2.25. The maximum Gasteiger partial charge on any atom is 0.167 e. The highest BCUT2D eigenvalue weighted by atomic mass is 19.1. The number of benzene rings is 1. The van der Waals surface area contributed by atoms with E-state index in [1.54, 1.807) is 6.07 Å². The lowest BCUT2D eigenvalue weighted by atomic mass is 9.96. The van der Waals surface area contributed by atoms with Crippen LogP contribution in [0.4, 0.5) is 15.8 Å². The second-order valence-electron chi connectivity index (χ2n) is 6.11. The Hall–Kier alpha value is -1.45. The molecule has 0 saturated carbocycles. The first-order chi connectivity index (χ1) is 8.74. The highest BCUT2D eigenvalue weighted by Crippen LogP contribution is 2.32. The van der Waals surface area contributed by atoms with Crippen LogP contribution in [0.1, 0.15) is 34.1 Å². The summed E-state index contributed by atoms with van der Waals surface area (Å²) in [5.41, 5.74) is 7.29. The summed E-state index contributed by atoms with van der Waals surface area (Å²) in [6.45, 7) is 9.77. The molecular weight excluding hydrogens is 243 g/mol. The molecule has 0 atom stereocenters. The van der Waals surface area contributed by atoms with Crippen molar-refractivity contribution in [1.29, 1.82) is 0 Å². The summed E-state index contributed by atoms with van der Waals surface area (Å²) in [7, 11) is 1.96. The van der Waals surface area contributed by atoms with Crippen LogP contribution in [-0.4, -0.2) is 20.2 Å². The molecule has 4 heteroatoms. The van der Waals surface area contributed by atoms with Gasteiger partial charge in [0.25, 0.3) is 0 Å². The molecule has 1 aromatic carbocycles. The first kappa shape index (κ1) is 15.6. The molecule has 0 aromatic heterocycles. The SMILES string of the molecule is CCCOc1cc(N(C)CC(C)(C)C)c(N)cc1F. The number of hydrogen-bond donors (Lipinski definition) is 1. The molecule has 0 heterocycles. The van der Waals surface area contributed by atoms with Crippen LogP contribution < -0.4 is 15.4 Å². The van der Waals surface area contributed by atoms with Gasteiger partial charge in [0.15, 0.2) is 11.6 Å². The Bertz CT molecular complexity index is 427. The molecule has 0 amide bonds. The van der Waals surface area contributed by atoms with Gasteiger partial charge >= 0.3 is 0 Å². The highest BCUT2D eigenvalue weighted by Gasteiger charge is 2.17. The summed E-state index contributed by atoms with van der Waals surface area (Å²) in [6.07, 6.45) is 0.844. The molecule has 19 heavy (non-hydrogen) atoms. The number of nitrogen functional groups attached to an aromatic ring is 1. The Morgan fingerprint density at radius 1 is 1.32 bits per heavy atom. The van der Waals surface area contributed by atoms with Gasteiger partial charge < -0.3 is 15.4 Å². The van der Waals surface area contributed by atoms with Crippen molar-refractivity contribution in [2.24, 2.45) is 5.41 Å². The lowest BCUT2D eigenvalue weighted by Crippen LogP contribution is -2.29. The number of ether oxygens (including phenoxy) is 1. The van der Waals surface area contributed by atoms with Crippen molar-refractivity contribution >= 4 is 11.4 Å². The van der Waals surface area contributed by atoms with Crippen LogP contribution >= 0.6 is 0 Å². The maximum absolute atomic E-state index is 13.7. The number of anilines is 2. The molecule has 1 rings (SSSR count). The number of halogens is 1. The second kappa shape index (κ2) is 6.13. The highest BCUT2D eigenvalue weighted by molar-refractivity contribution is 5.69. The zero-order chi connectivity index (χ0) is 14.6. The molecule has 0 aliphatic rings. The molecule has 0 unspecified atom stereocenters. The fraction of sp³-hybridized carbons (Fsp3) is 0.600. The molecular formula is C15H25FN2O. The minimum absolute atomic E-state index is 0.139. The first-order valence-electron chi connectivity index (χ1n) is 6.67. The van der Waals surface area contributed by atoms with Crippen molar-refractivity contribution in [3.05, 3.63) is 17.9 Å². The summed E-state index contributed by atoms with van der Waals surface area (Å²) >= 11 is 0. The fourth-order valence-corrected chi connectivity index (χ4v) is 2.01. The lowest BCUT2D eigenvalue weighted by Gasteiger charge is -2.29. The summed E-state index contributed by atoms with van der Waals surface area (Å²) in [6, 6.07) is 3.02. The van der Waals surface area contributed by atoms with Crippen molar-refractivity contribution in [3.8, 4) is 5.75 Å². The third kappa shape index (κ3) is 4.62. The fourth-order valence-electron chi connectivity index (χ4n) is 2.01. The Morgan fingerprint density at radius 2 is 1.95 bits per heavy atom. The molecule has 0 bridgehead atoms. The van der Waals surface area contributed by atoms with Gasteiger partial charge in [-0.3, -0.25) is 0 Å². The average molecular weight is 268 g/mol. The minimum atomic E-state index is -0.404. The topological polar surface area (TPSA) is 38.5 Å². The zero-order valence-corrected chi connectivity index (χ0v) is 12.6. The van der Waals surface area contributed by atoms with Crippen LogP contribution in [0.5, 0.6) is 5.75 Å². The Balaban J connectivity index is 2.99. The third-order valence-electron chi connectivity index (χ3n) is 2.67. The van der Waals surface area contributed by atoms with Crippen molar-refractivity contribution in [1.82, 2.24) is 0 Å². The van der Waals surface area contributed by atoms with Crippen LogP contribution in [0.3, 0.4) is 0 Å². The Morgan fingerprint density at radius 3 is 2.47 bits per heavy atom. The normalized spacial score (nSPS) is 11.5. The summed E-state index contributed by atoms with van der Waals surface area (Å²) in [5, 5.41) is 0. The van der Waals surface area contributed by atoms with Gasteiger partial charge in [-0.15, -0.1) is 0 Å². The van der Waals surface area contributed by atoms with Crippen molar-refractivity contribution < 1.29 is 9.13 Å². The van der Waals surface area contributed by atoms with Crippen LogP contribution in [0.2, 0.25) is 0 Å². The van der Waals surface area contributed by atoms with Crippen molar-refractivity contribution in [2.75, 3.05) is 30.8 Å². The van der Waals surface area contributed by atoms with E-state index in [0.29, 0.717) is 12.3 Å². The van der Waals surface area contributed by atoms with Gasteiger partial charge in [-0.25, -0.2) is 4.39 Å². The summed E-state index contributed by atoms with van der Waals surface area (Å²) in [5.74, 6) is -0.134. The Kier molecular flexibility index (Phi) is 5.04. The first-order valence-corrected chi connectivity index (χ1v) is 6.67. The van der Waals surface area contributed by atoms with E-state index in [1.807, 2.05) is 18.9 Å². The van der Waals surface area contributed by atoms with E-state index in [2.05, 4.69) is 20.8 Å². The molecule has 108 valence electrons. The minimum Gasteiger partial charge on any atom is -0.490 e. The molecule has 0 saturated heterocycles. The van der Waals surface area contributed by atoms with Crippen LogP contribution in [0, 0.1) is 11.2 Å². The van der Waals surface area contributed by atoms with E-state index in [4.69, 9.17) is 10.5 Å². The molecule has 0 aliphatic carbocycles. The van der Waals surface area contributed by atoms with Gasteiger partial charge in [-0.2, -0.15) is 0 Å².